The number of alkyl halides is 7. The van der Waals surface area contributed by atoms with Crippen LogP contribution in [-0.2, 0) is 12.2 Å². The Bertz CT molecular complexity index is 941. The second-order valence-electron chi connectivity index (χ2n) is 6.43. The molecule has 0 saturated carbocycles. The number of benzene rings is 2. The largest absolute Gasteiger partial charge is 0.436 e. The molecule has 0 heterocycles. The first-order chi connectivity index (χ1) is 13.6. The van der Waals surface area contributed by atoms with Crippen LogP contribution in [0.5, 0.6) is 0 Å². The van der Waals surface area contributed by atoms with Crippen molar-refractivity contribution in [2.75, 3.05) is 10.6 Å². The molecule has 0 aliphatic rings. The monoisotopic (exact) mass is 441 g/mol. The van der Waals surface area contributed by atoms with Crippen LogP contribution in [0.1, 0.15) is 16.7 Å². The summed E-state index contributed by atoms with van der Waals surface area (Å²) in [5.41, 5.74) is 3.67. The molecule has 0 spiro atoms. The summed E-state index contributed by atoms with van der Waals surface area (Å²) in [5.74, 6) is -2.15. The Labute approximate surface area is 165 Å². The van der Waals surface area contributed by atoms with Crippen molar-refractivity contribution in [1.82, 2.24) is 0 Å². The minimum absolute atomic E-state index is 0.0180. The molecule has 2 rings (SSSR count). The van der Waals surface area contributed by atoms with Crippen LogP contribution >= 0.6 is 0 Å². The Kier molecular flexibility index (Phi) is 5.92. The Balaban J connectivity index is 2.51. The number of amides is 2. The molecule has 4 nitrogen and oxygen atoms in total. The molecule has 2 aromatic carbocycles. The molecule has 4 N–H and O–H groups in total. The summed E-state index contributed by atoms with van der Waals surface area (Å²) in [4.78, 5) is 12.4. The smallest absolute Gasteiger partial charge is 0.399 e. The van der Waals surface area contributed by atoms with E-state index in [2.05, 4.69) is 0 Å². The van der Waals surface area contributed by atoms with Gasteiger partial charge in [-0.15, -0.1) is 0 Å². The Morgan fingerprint density at radius 3 is 1.97 bits per heavy atom. The van der Waals surface area contributed by atoms with E-state index in [9.17, 15) is 39.9 Å². The van der Waals surface area contributed by atoms with Gasteiger partial charge in [0.2, 0.25) is 0 Å². The number of anilines is 2. The molecular weight excluding hydrogens is 426 g/mol. The molecule has 2 amide bonds. The summed E-state index contributed by atoms with van der Waals surface area (Å²) >= 11 is 0. The fourth-order valence-corrected chi connectivity index (χ4v) is 2.73. The van der Waals surface area contributed by atoms with Gasteiger partial charge in [0, 0.05) is 16.9 Å². The lowest BCUT2D eigenvalue weighted by Gasteiger charge is -2.31. The molecule has 0 radical (unpaired) electrons. The number of nitrogens with two attached hydrogens (primary N) is 2. The number of carbonyl (C=O) groups excluding carboxylic acids is 1. The van der Waals surface area contributed by atoms with Gasteiger partial charge in [-0.1, -0.05) is 18.2 Å². The molecule has 0 aliphatic carbocycles. The standard InChI is InChI=1S/C18H15F8N3O/c1-9-6-10(2-5-14(9)27)8-29(15(28)30)11-3-4-12(13(19)7-11)16(20,17(21,22)23)18(24,25)26/h2-7H,8,27H2,1H3,(H2,28,30). The van der Waals surface area contributed by atoms with Crippen molar-refractivity contribution in [2.45, 2.75) is 31.5 Å². The van der Waals surface area contributed by atoms with Crippen molar-refractivity contribution in [3.63, 3.8) is 0 Å². The number of carbonyl (C=O) groups is 1. The van der Waals surface area contributed by atoms with Crippen LogP contribution in [-0.4, -0.2) is 18.4 Å². The third-order valence-corrected chi connectivity index (χ3v) is 4.36. The van der Waals surface area contributed by atoms with Crippen molar-refractivity contribution in [3.05, 3.63) is 58.9 Å². The average molecular weight is 441 g/mol. The first kappa shape index (κ1) is 23.2. The first-order valence-electron chi connectivity index (χ1n) is 8.14. The van der Waals surface area contributed by atoms with Gasteiger partial charge < -0.3 is 11.5 Å². The van der Waals surface area contributed by atoms with E-state index in [4.69, 9.17) is 11.5 Å². The minimum Gasteiger partial charge on any atom is -0.399 e. The predicted octanol–water partition coefficient (Wildman–Crippen LogP) is 5.09. The normalized spacial score (nSPS) is 12.7. The molecule has 12 heteroatoms. The number of hydrogen-bond acceptors (Lipinski definition) is 2. The van der Waals surface area contributed by atoms with Gasteiger partial charge in [0.15, 0.2) is 0 Å². The molecule has 0 fully saturated rings. The van der Waals surface area contributed by atoms with Gasteiger partial charge in [-0.25, -0.2) is 13.6 Å². The van der Waals surface area contributed by atoms with E-state index in [1.165, 1.54) is 12.1 Å². The quantitative estimate of drug-likeness (QED) is 0.513. The van der Waals surface area contributed by atoms with Gasteiger partial charge in [0.25, 0.3) is 0 Å². The number of urea groups is 1. The predicted molar refractivity (Wildman–Crippen MR) is 92.7 cm³/mol. The summed E-state index contributed by atoms with van der Waals surface area (Å²) < 4.78 is 105. The Morgan fingerprint density at radius 1 is 0.967 bits per heavy atom. The highest BCUT2D eigenvalue weighted by molar-refractivity contribution is 5.90. The molecule has 0 atom stereocenters. The second kappa shape index (κ2) is 7.65. The maximum Gasteiger partial charge on any atom is 0.436 e. The lowest BCUT2D eigenvalue weighted by molar-refractivity contribution is -0.349. The topological polar surface area (TPSA) is 72.3 Å². The van der Waals surface area contributed by atoms with Crippen LogP contribution in [0.15, 0.2) is 36.4 Å². The highest BCUT2D eigenvalue weighted by Crippen LogP contribution is 2.54. The maximum absolute atomic E-state index is 14.3. The summed E-state index contributed by atoms with van der Waals surface area (Å²) in [5, 5.41) is 0. The number of nitrogens with zero attached hydrogens (tertiary/aromatic N) is 1. The molecule has 0 saturated heterocycles. The van der Waals surface area contributed by atoms with E-state index >= 15 is 0 Å². The maximum atomic E-state index is 14.3. The lowest BCUT2D eigenvalue weighted by Crippen LogP contribution is -2.51. The van der Waals surface area contributed by atoms with Crippen LogP contribution in [0.25, 0.3) is 0 Å². The number of halogens is 8. The van der Waals surface area contributed by atoms with Crippen molar-refractivity contribution >= 4 is 17.4 Å². The first-order valence-corrected chi connectivity index (χ1v) is 8.14. The fourth-order valence-electron chi connectivity index (χ4n) is 2.73. The van der Waals surface area contributed by atoms with Gasteiger partial charge in [0.05, 0.1) is 6.54 Å². The van der Waals surface area contributed by atoms with Gasteiger partial charge in [-0.05, 0) is 36.2 Å². The van der Waals surface area contributed by atoms with Crippen molar-refractivity contribution < 1.29 is 39.9 Å². The average Bonchev–Trinajstić information content (AvgIpc) is 2.59. The minimum atomic E-state index is -6.47. The zero-order valence-electron chi connectivity index (χ0n) is 15.2. The van der Waals surface area contributed by atoms with Gasteiger partial charge in [-0.3, -0.25) is 4.90 Å². The van der Waals surface area contributed by atoms with E-state index in [-0.39, 0.29) is 18.7 Å². The zero-order chi connectivity index (χ0) is 23.1. The third kappa shape index (κ3) is 4.12. The highest BCUT2D eigenvalue weighted by atomic mass is 19.4. The molecule has 164 valence electrons. The molecule has 2 aromatic rings. The van der Waals surface area contributed by atoms with E-state index < -0.39 is 41.1 Å². The molecule has 0 aromatic heterocycles. The van der Waals surface area contributed by atoms with Crippen LogP contribution in [0.4, 0.5) is 51.3 Å². The van der Waals surface area contributed by atoms with E-state index in [0.717, 1.165) is 0 Å². The Hall–Kier alpha value is -3.05. The van der Waals surface area contributed by atoms with Gasteiger partial charge >= 0.3 is 24.1 Å². The number of nitrogen functional groups attached to an aromatic ring is 1. The molecule has 0 bridgehead atoms. The molecule has 30 heavy (non-hydrogen) atoms. The number of rotatable bonds is 4. The lowest BCUT2D eigenvalue weighted by atomic mass is 9.93. The van der Waals surface area contributed by atoms with Gasteiger partial charge in [-0.2, -0.15) is 26.3 Å². The van der Waals surface area contributed by atoms with Crippen LogP contribution in [0.2, 0.25) is 0 Å². The molecule has 0 aliphatic heterocycles. The second-order valence-corrected chi connectivity index (χ2v) is 6.43. The third-order valence-electron chi connectivity index (χ3n) is 4.36. The summed E-state index contributed by atoms with van der Waals surface area (Å²) in [6, 6.07) is 4.07. The molecular formula is C18H15F8N3O. The zero-order valence-corrected chi connectivity index (χ0v) is 15.2. The summed E-state index contributed by atoms with van der Waals surface area (Å²) in [7, 11) is 0. The number of aryl methyl sites for hydroxylation is 1. The molecule has 0 unspecified atom stereocenters. The van der Waals surface area contributed by atoms with E-state index in [0.29, 0.717) is 27.8 Å². The van der Waals surface area contributed by atoms with Gasteiger partial charge in [0.1, 0.15) is 5.82 Å². The van der Waals surface area contributed by atoms with E-state index in [1.807, 2.05) is 0 Å². The number of hydrogen-bond donors (Lipinski definition) is 2. The van der Waals surface area contributed by atoms with Crippen LogP contribution < -0.4 is 16.4 Å². The van der Waals surface area contributed by atoms with Crippen LogP contribution in [0, 0.1) is 12.7 Å². The summed E-state index contributed by atoms with van der Waals surface area (Å²) in [6.07, 6.45) is -12.9. The van der Waals surface area contributed by atoms with Crippen LogP contribution in [0.3, 0.4) is 0 Å². The fraction of sp³-hybridized carbons (Fsp3) is 0.278. The summed E-state index contributed by atoms with van der Waals surface area (Å²) in [6.45, 7) is 1.35. The van der Waals surface area contributed by atoms with Crippen molar-refractivity contribution in [1.29, 1.82) is 0 Å². The van der Waals surface area contributed by atoms with Crippen molar-refractivity contribution in [3.8, 4) is 0 Å². The Morgan fingerprint density at radius 2 is 1.53 bits per heavy atom. The number of primary amides is 1. The van der Waals surface area contributed by atoms with Crippen molar-refractivity contribution in [2.24, 2.45) is 5.73 Å². The SMILES string of the molecule is Cc1cc(CN(C(N)=O)c2ccc(C(F)(C(F)(F)F)C(F)(F)F)c(F)c2)ccc1N. The highest BCUT2D eigenvalue weighted by Gasteiger charge is 2.74. The van der Waals surface area contributed by atoms with E-state index in [1.54, 1.807) is 13.0 Å².